The summed E-state index contributed by atoms with van der Waals surface area (Å²) in [5, 5.41) is 17.8. The van der Waals surface area contributed by atoms with E-state index in [-0.39, 0.29) is 10.9 Å². The zero-order chi connectivity index (χ0) is 23.9. The summed E-state index contributed by atoms with van der Waals surface area (Å²) in [5.74, 6) is 0.218. The van der Waals surface area contributed by atoms with Crippen molar-refractivity contribution in [1.82, 2.24) is 25.6 Å². The lowest BCUT2D eigenvalue weighted by molar-refractivity contribution is -0.118. The molecule has 1 saturated carbocycles. The van der Waals surface area contributed by atoms with Crippen LogP contribution in [0.4, 0.5) is 5.69 Å². The van der Waals surface area contributed by atoms with Gasteiger partial charge in [0.05, 0.1) is 5.41 Å². The first-order chi connectivity index (χ1) is 16.3. The SMILES string of the molecule is CS(=O)(=O)c1ccc(-c2ccc(NC(=O)C3(c4cccc(Cl)c4)CC3)cc2-c2nn[nH]n2)cn1. The molecule has 0 saturated heterocycles. The molecule has 2 N–H and O–H groups in total. The third kappa shape index (κ3) is 4.17. The van der Waals surface area contributed by atoms with E-state index in [4.69, 9.17) is 11.6 Å². The van der Waals surface area contributed by atoms with Crippen LogP contribution in [0.2, 0.25) is 5.02 Å². The minimum atomic E-state index is -3.42. The van der Waals surface area contributed by atoms with Crippen LogP contribution in [0.3, 0.4) is 0 Å². The maximum atomic E-state index is 13.2. The van der Waals surface area contributed by atoms with Crippen LogP contribution in [0.5, 0.6) is 0 Å². The molecule has 0 unspecified atom stereocenters. The monoisotopic (exact) mass is 494 g/mol. The van der Waals surface area contributed by atoms with Crippen molar-refractivity contribution in [2.45, 2.75) is 23.3 Å². The fourth-order valence-electron chi connectivity index (χ4n) is 3.90. The van der Waals surface area contributed by atoms with Gasteiger partial charge in [-0.05, 0) is 65.6 Å². The van der Waals surface area contributed by atoms with Gasteiger partial charge >= 0.3 is 0 Å². The van der Waals surface area contributed by atoms with E-state index in [0.717, 1.165) is 24.7 Å². The Labute approximate surface area is 200 Å². The highest BCUT2D eigenvalue weighted by Crippen LogP contribution is 2.49. The molecule has 0 radical (unpaired) electrons. The first kappa shape index (κ1) is 22.2. The van der Waals surface area contributed by atoms with Gasteiger partial charge in [0, 0.05) is 34.3 Å². The van der Waals surface area contributed by atoms with Crippen LogP contribution in [-0.2, 0) is 20.0 Å². The zero-order valence-corrected chi connectivity index (χ0v) is 19.6. The number of amides is 1. The number of nitrogens with one attached hydrogen (secondary N) is 2. The summed E-state index contributed by atoms with van der Waals surface area (Å²) >= 11 is 6.14. The largest absolute Gasteiger partial charge is 0.325 e. The molecule has 11 heteroatoms. The van der Waals surface area contributed by atoms with Crippen LogP contribution in [0.15, 0.2) is 65.8 Å². The predicted molar refractivity (Wildman–Crippen MR) is 127 cm³/mol. The van der Waals surface area contributed by atoms with E-state index in [0.29, 0.717) is 33.2 Å². The number of aromatic nitrogens is 5. The molecule has 0 bridgehead atoms. The highest BCUT2D eigenvalue weighted by molar-refractivity contribution is 7.90. The van der Waals surface area contributed by atoms with Gasteiger partial charge in [-0.25, -0.2) is 13.4 Å². The van der Waals surface area contributed by atoms with E-state index in [2.05, 4.69) is 30.9 Å². The Morgan fingerprint density at radius 2 is 1.91 bits per heavy atom. The lowest BCUT2D eigenvalue weighted by Gasteiger charge is -2.17. The van der Waals surface area contributed by atoms with Crippen molar-refractivity contribution in [2.75, 3.05) is 11.6 Å². The van der Waals surface area contributed by atoms with Crippen molar-refractivity contribution < 1.29 is 13.2 Å². The normalized spacial score (nSPS) is 14.5. The number of sulfone groups is 1. The Morgan fingerprint density at radius 3 is 2.53 bits per heavy atom. The molecule has 1 aliphatic carbocycles. The lowest BCUT2D eigenvalue weighted by atomic mass is 9.94. The number of H-pyrrole nitrogens is 1. The maximum absolute atomic E-state index is 13.2. The second kappa shape index (κ2) is 8.30. The third-order valence-corrected chi connectivity index (χ3v) is 7.09. The zero-order valence-electron chi connectivity index (χ0n) is 18.0. The number of pyridine rings is 1. The molecule has 1 fully saturated rings. The van der Waals surface area contributed by atoms with E-state index < -0.39 is 15.3 Å². The number of tetrazole rings is 1. The van der Waals surface area contributed by atoms with Gasteiger partial charge in [-0.15, -0.1) is 10.2 Å². The van der Waals surface area contributed by atoms with E-state index in [1.54, 1.807) is 30.3 Å². The Hall–Kier alpha value is -3.63. The summed E-state index contributed by atoms with van der Waals surface area (Å²) in [6.45, 7) is 0. The topological polar surface area (TPSA) is 131 Å². The van der Waals surface area contributed by atoms with Crippen LogP contribution in [0, 0.1) is 0 Å². The summed E-state index contributed by atoms with van der Waals surface area (Å²) in [6, 6.07) is 15.8. The van der Waals surface area contributed by atoms with Crippen molar-refractivity contribution in [3.8, 4) is 22.5 Å². The average molecular weight is 495 g/mol. The number of hydrogen-bond acceptors (Lipinski definition) is 7. The Bertz CT molecular complexity index is 1480. The minimum absolute atomic E-state index is 0.0167. The van der Waals surface area contributed by atoms with Crippen LogP contribution in [0.1, 0.15) is 18.4 Å². The maximum Gasteiger partial charge on any atom is 0.235 e. The molecule has 5 rings (SSSR count). The molecule has 0 aliphatic heterocycles. The van der Waals surface area contributed by atoms with Gasteiger partial charge in [-0.3, -0.25) is 4.79 Å². The third-order valence-electron chi connectivity index (χ3n) is 5.85. The molecule has 2 aromatic carbocycles. The number of rotatable bonds is 6. The fraction of sp³-hybridized carbons (Fsp3) is 0.174. The number of hydrogen-bond donors (Lipinski definition) is 2. The molecule has 2 heterocycles. The van der Waals surface area contributed by atoms with Crippen LogP contribution < -0.4 is 5.32 Å². The smallest absolute Gasteiger partial charge is 0.235 e. The number of halogens is 1. The summed E-state index contributed by atoms with van der Waals surface area (Å²) < 4.78 is 23.5. The molecule has 0 spiro atoms. The van der Waals surface area contributed by atoms with Crippen molar-refractivity contribution >= 4 is 33.0 Å². The summed E-state index contributed by atoms with van der Waals surface area (Å²) in [4.78, 5) is 17.3. The summed E-state index contributed by atoms with van der Waals surface area (Å²) in [7, 11) is -3.42. The van der Waals surface area contributed by atoms with E-state index in [9.17, 15) is 13.2 Å². The number of carbonyl (C=O) groups excluding carboxylic acids is 1. The van der Waals surface area contributed by atoms with Gasteiger partial charge in [-0.2, -0.15) is 5.21 Å². The molecule has 1 aliphatic rings. The van der Waals surface area contributed by atoms with E-state index in [1.165, 1.54) is 12.3 Å². The molecule has 1 amide bonds. The van der Waals surface area contributed by atoms with Crippen molar-refractivity contribution in [1.29, 1.82) is 0 Å². The summed E-state index contributed by atoms with van der Waals surface area (Å²) in [5.41, 5.74) is 2.85. The Morgan fingerprint density at radius 1 is 1.09 bits per heavy atom. The van der Waals surface area contributed by atoms with Gasteiger partial charge in [-0.1, -0.05) is 29.8 Å². The van der Waals surface area contributed by atoms with Gasteiger partial charge in [0.25, 0.3) is 0 Å². The fourth-order valence-corrected chi connectivity index (χ4v) is 4.65. The lowest BCUT2D eigenvalue weighted by Crippen LogP contribution is -2.27. The first-order valence-electron chi connectivity index (χ1n) is 10.4. The molecular weight excluding hydrogens is 476 g/mol. The molecule has 172 valence electrons. The second-order valence-electron chi connectivity index (χ2n) is 8.20. The predicted octanol–water partition coefficient (Wildman–Crippen LogP) is 3.66. The molecule has 2 aromatic heterocycles. The summed E-state index contributed by atoms with van der Waals surface area (Å²) in [6.07, 6.45) is 4.07. The number of benzene rings is 2. The van der Waals surface area contributed by atoms with Crippen LogP contribution >= 0.6 is 11.6 Å². The second-order valence-corrected chi connectivity index (χ2v) is 10.6. The Balaban J connectivity index is 1.48. The highest BCUT2D eigenvalue weighted by atomic mass is 35.5. The Kier molecular flexibility index (Phi) is 5.41. The van der Waals surface area contributed by atoms with Crippen LogP contribution in [-0.4, -0.2) is 46.2 Å². The number of carbonyl (C=O) groups is 1. The van der Waals surface area contributed by atoms with Crippen molar-refractivity contribution in [3.05, 3.63) is 71.4 Å². The average Bonchev–Trinajstić information content (AvgIpc) is 3.45. The molecular formula is C23H19ClN6O3S. The van der Waals surface area contributed by atoms with Gasteiger partial charge in [0.15, 0.2) is 14.9 Å². The van der Waals surface area contributed by atoms with Gasteiger partial charge < -0.3 is 5.32 Å². The van der Waals surface area contributed by atoms with Crippen molar-refractivity contribution in [3.63, 3.8) is 0 Å². The quantitative estimate of drug-likeness (QED) is 0.418. The highest BCUT2D eigenvalue weighted by Gasteiger charge is 2.51. The first-order valence-corrected chi connectivity index (χ1v) is 12.7. The minimum Gasteiger partial charge on any atom is -0.325 e. The van der Waals surface area contributed by atoms with E-state index >= 15 is 0 Å². The number of anilines is 1. The van der Waals surface area contributed by atoms with E-state index in [1.807, 2.05) is 18.2 Å². The molecule has 34 heavy (non-hydrogen) atoms. The van der Waals surface area contributed by atoms with Crippen molar-refractivity contribution in [2.24, 2.45) is 0 Å². The van der Waals surface area contributed by atoms with Gasteiger partial charge in [0.1, 0.15) is 0 Å². The van der Waals surface area contributed by atoms with Crippen LogP contribution in [0.25, 0.3) is 22.5 Å². The van der Waals surface area contributed by atoms with Gasteiger partial charge in [0.2, 0.25) is 11.7 Å². The standard InChI is InChI=1S/C23H19ClN6O3S/c1-34(32,33)20-8-5-14(13-25-20)18-7-6-17(12-19(18)21-27-29-30-28-21)26-22(31)23(9-10-23)15-3-2-4-16(24)11-15/h2-8,11-13H,9-10H2,1H3,(H,26,31)(H,27,28,29,30). The number of nitrogens with zero attached hydrogens (tertiary/aromatic N) is 4. The molecule has 0 atom stereocenters. The molecule has 4 aromatic rings. The molecule has 9 nitrogen and oxygen atoms in total. The number of aromatic amines is 1.